The summed E-state index contributed by atoms with van der Waals surface area (Å²) in [6.45, 7) is 10.4. The Morgan fingerprint density at radius 2 is 1.86 bits per heavy atom. The first-order valence-electron chi connectivity index (χ1n) is 9.53. The number of carbonyl (C=O) groups is 1. The summed E-state index contributed by atoms with van der Waals surface area (Å²) < 4.78 is 6.40. The van der Waals surface area contributed by atoms with E-state index in [0.717, 1.165) is 23.1 Å². The van der Waals surface area contributed by atoms with Crippen molar-refractivity contribution in [3.63, 3.8) is 0 Å². The van der Waals surface area contributed by atoms with Crippen molar-refractivity contribution in [2.75, 3.05) is 24.6 Å². The van der Waals surface area contributed by atoms with Gasteiger partial charge in [0.1, 0.15) is 5.75 Å². The number of halogens is 1. The van der Waals surface area contributed by atoms with Crippen molar-refractivity contribution in [1.29, 1.82) is 0 Å². The molecule has 0 aromatic heterocycles. The summed E-state index contributed by atoms with van der Waals surface area (Å²) >= 11 is 3.49. The van der Waals surface area contributed by atoms with Crippen LogP contribution in [0.15, 0.2) is 52.0 Å². The molecule has 2 aromatic rings. The number of carbonyl (C=O) groups excluding carboxylic acids is 1. The van der Waals surface area contributed by atoms with Gasteiger partial charge in [-0.05, 0) is 71.1 Å². The fourth-order valence-corrected chi connectivity index (χ4v) is 3.22. The molecule has 0 aliphatic heterocycles. The summed E-state index contributed by atoms with van der Waals surface area (Å²) in [7, 11) is 0. The number of ether oxygens (including phenoxy) is 1. The molecule has 6 heteroatoms. The monoisotopic (exact) mass is 445 g/mol. The zero-order chi connectivity index (χ0) is 20.5. The van der Waals surface area contributed by atoms with Crippen molar-refractivity contribution >= 4 is 33.7 Å². The molecular weight excluding hydrogens is 418 g/mol. The fraction of sp³-hybridized carbons (Fsp3) is 0.364. The van der Waals surface area contributed by atoms with Gasteiger partial charge in [-0.15, -0.1) is 0 Å². The Morgan fingerprint density at radius 3 is 2.43 bits per heavy atom. The molecule has 0 bridgehead atoms. The first-order chi connectivity index (χ1) is 13.4. The maximum atomic E-state index is 11.9. The predicted octanol–water partition coefficient (Wildman–Crippen LogP) is 4.95. The standard InChI is InChI=1S/C22H28BrN3O2/c1-5-26(6-2)19-10-7-17(8-11-19)14-24-25-22(27)15-28-21-12-9-18(16(3)4)13-20(21)23/h7-14,16H,5-6,15H2,1-4H3,(H,25,27). The SMILES string of the molecule is CCN(CC)c1ccc(C=NNC(=O)COc2ccc(C(C)C)cc2Br)cc1. The lowest BCUT2D eigenvalue weighted by molar-refractivity contribution is -0.123. The van der Waals surface area contributed by atoms with Crippen molar-refractivity contribution in [1.82, 2.24) is 5.43 Å². The average Bonchev–Trinajstić information content (AvgIpc) is 2.69. The van der Waals surface area contributed by atoms with Crippen LogP contribution in [0.5, 0.6) is 5.75 Å². The van der Waals surface area contributed by atoms with Gasteiger partial charge in [0.15, 0.2) is 6.61 Å². The van der Waals surface area contributed by atoms with Crippen LogP contribution in [0.1, 0.15) is 44.7 Å². The van der Waals surface area contributed by atoms with E-state index in [-0.39, 0.29) is 12.5 Å². The maximum absolute atomic E-state index is 11.9. The summed E-state index contributed by atoms with van der Waals surface area (Å²) in [6, 6.07) is 13.9. The van der Waals surface area contributed by atoms with Crippen LogP contribution in [0.25, 0.3) is 0 Å². The van der Waals surface area contributed by atoms with Crippen LogP contribution in [0.4, 0.5) is 5.69 Å². The quantitative estimate of drug-likeness (QED) is 0.438. The van der Waals surface area contributed by atoms with Crippen LogP contribution in [-0.4, -0.2) is 31.8 Å². The van der Waals surface area contributed by atoms with E-state index in [1.165, 1.54) is 11.3 Å². The third kappa shape index (κ3) is 6.37. The molecular formula is C22H28BrN3O2. The van der Waals surface area contributed by atoms with Crippen LogP contribution in [-0.2, 0) is 4.79 Å². The number of rotatable bonds is 9. The third-order valence-electron chi connectivity index (χ3n) is 4.41. The van der Waals surface area contributed by atoms with Crippen LogP contribution < -0.4 is 15.1 Å². The molecule has 0 heterocycles. The first kappa shape index (κ1) is 22.0. The number of amides is 1. The van der Waals surface area contributed by atoms with Gasteiger partial charge in [0, 0.05) is 18.8 Å². The Labute approximate surface area is 175 Å². The zero-order valence-electron chi connectivity index (χ0n) is 16.9. The molecule has 5 nitrogen and oxygen atoms in total. The van der Waals surface area contributed by atoms with Crippen LogP contribution in [0, 0.1) is 0 Å². The van der Waals surface area contributed by atoms with Gasteiger partial charge in [0.05, 0.1) is 10.7 Å². The van der Waals surface area contributed by atoms with E-state index >= 15 is 0 Å². The third-order valence-corrected chi connectivity index (χ3v) is 5.03. The molecule has 0 aliphatic rings. The van der Waals surface area contributed by atoms with E-state index < -0.39 is 0 Å². The molecule has 1 amide bonds. The largest absolute Gasteiger partial charge is 0.483 e. The summed E-state index contributed by atoms with van der Waals surface area (Å²) in [6.07, 6.45) is 1.62. The normalized spacial score (nSPS) is 11.1. The van der Waals surface area contributed by atoms with Gasteiger partial charge in [-0.3, -0.25) is 4.79 Å². The Morgan fingerprint density at radius 1 is 1.18 bits per heavy atom. The number of benzene rings is 2. The molecule has 0 fully saturated rings. The maximum Gasteiger partial charge on any atom is 0.277 e. The van der Waals surface area contributed by atoms with Gasteiger partial charge in [0.2, 0.25) is 0 Å². The minimum atomic E-state index is -0.309. The number of hydrogen-bond donors (Lipinski definition) is 1. The second-order valence-electron chi connectivity index (χ2n) is 6.69. The van der Waals surface area contributed by atoms with E-state index in [0.29, 0.717) is 11.7 Å². The topological polar surface area (TPSA) is 53.9 Å². The fourth-order valence-electron chi connectivity index (χ4n) is 2.71. The van der Waals surface area contributed by atoms with Crippen molar-refractivity contribution in [2.24, 2.45) is 5.10 Å². The molecule has 0 atom stereocenters. The second-order valence-corrected chi connectivity index (χ2v) is 7.54. The molecule has 150 valence electrons. The van der Waals surface area contributed by atoms with E-state index in [2.05, 4.69) is 71.2 Å². The Hall–Kier alpha value is -2.34. The highest BCUT2D eigenvalue weighted by atomic mass is 79.9. The number of nitrogens with one attached hydrogen (secondary N) is 1. The highest BCUT2D eigenvalue weighted by Crippen LogP contribution is 2.28. The Balaban J connectivity index is 1.84. The first-order valence-corrected chi connectivity index (χ1v) is 10.3. The van der Waals surface area contributed by atoms with Crippen molar-refractivity contribution in [2.45, 2.75) is 33.6 Å². The Bertz CT molecular complexity index is 800. The number of anilines is 1. The average molecular weight is 446 g/mol. The number of nitrogens with zero attached hydrogens (tertiary/aromatic N) is 2. The highest BCUT2D eigenvalue weighted by Gasteiger charge is 2.07. The summed E-state index contributed by atoms with van der Waals surface area (Å²) in [4.78, 5) is 14.2. The summed E-state index contributed by atoms with van der Waals surface area (Å²) in [5.41, 5.74) is 5.79. The molecule has 0 radical (unpaired) electrons. The summed E-state index contributed by atoms with van der Waals surface area (Å²) in [5, 5.41) is 4.00. The van der Waals surface area contributed by atoms with Gasteiger partial charge >= 0.3 is 0 Å². The summed E-state index contributed by atoms with van der Waals surface area (Å²) in [5.74, 6) is 0.760. The lowest BCUT2D eigenvalue weighted by Gasteiger charge is -2.20. The molecule has 0 saturated carbocycles. The molecule has 2 rings (SSSR count). The van der Waals surface area contributed by atoms with Crippen molar-refractivity contribution < 1.29 is 9.53 Å². The molecule has 28 heavy (non-hydrogen) atoms. The minimum absolute atomic E-state index is 0.0993. The van der Waals surface area contributed by atoms with Gasteiger partial charge < -0.3 is 9.64 Å². The van der Waals surface area contributed by atoms with E-state index in [9.17, 15) is 4.79 Å². The van der Waals surface area contributed by atoms with Gasteiger partial charge in [-0.25, -0.2) is 5.43 Å². The molecule has 0 aliphatic carbocycles. The molecule has 2 aromatic carbocycles. The Kier molecular flexibility index (Phi) is 8.51. The van der Waals surface area contributed by atoms with E-state index in [4.69, 9.17) is 4.74 Å². The lowest BCUT2D eigenvalue weighted by Crippen LogP contribution is -2.24. The number of hydrogen-bond acceptors (Lipinski definition) is 4. The van der Waals surface area contributed by atoms with Crippen LogP contribution in [0.2, 0.25) is 0 Å². The second kappa shape index (κ2) is 10.9. The molecule has 1 N–H and O–H groups in total. The molecule has 0 saturated heterocycles. The van der Waals surface area contributed by atoms with Crippen molar-refractivity contribution in [3.8, 4) is 5.75 Å². The molecule has 0 spiro atoms. The zero-order valence-corrected chi connectivity index (χ0v) is 18.5. The van der Waals surface area contributed by atoms with Gasteiger partial charge in [-0.2, -0.15) is 5.10 Å². The van der Waals surface area contributed by atoms with Crippen LogP contribution >= 0.6 is 15.9 Å². The number of hydrazone groups is 1. The lowest BCUT2D eigenvalue weighted by atomic mass is 10.0. The minimum Gasteiger partial charge on any atom is -0.483 e. The van der Waals surface area contributed by atoms with Crippen LogP contribution in [0.3, 0.4) is 0 Å². The predicted molar refractivity (Wildman–Crippen MR) is 119 cm³/mol. The van der Waals surface area contributed by atoms with Gasteiger partial charge in [0.25, 0.3) is 5.91 Å². The smallest absolute Gasteiger partial charge is 0.277 e. The van der Waals surface area contributed by atoms with Gasteiger partial charge in [-0.1, -0.05) is 32.0 Å². The molecule has 0 unspecified atom stereocenters. The highest BCUT2D eigenvalue weighted by molar-refractivity contribution is 9.10. The van der Waals surface area contributed by atoms with Crippen molar-refractivity contribution in [3.05, 3.63) is 58.1 Å². The van der Waals surface area contributed by atoms with E-state index in [1.807, 2.05) is 30.3 Å². The van der Waals surface area contributed by atoms with E-state index in [1.54, 1.807) is 6.21 Å².